The molecule has 2 aliphatic heterocycles. The van der Waals surface area contributed by atoms with E-state index in [4.69, 9.17) is 24.0 Å². The number of furan rings is 1. The molecule has 2 unspecified atom stereocenters. The van der Waals surface area contributed by atoms with Gasteiger partial charge in [0.2, 0.25) is 18.6 Å². The first kappa shape index (κ1) is 14.6. The first-order valence-electron chi connectivity index (χ1n) is 7.94. The van der Waals surface area contributed by atoms with Crippen LogP contribution in [0.4, 0.5) is 0 Å². The van der Waals surface area contributed by atoms with E-state index in [1.54, 1.807) is 18.4 Å². The Morgan fingerprint density at radius 1 is 1.23 bits per heavy atom. The number of aromatic nitrogens is 2. The van der Waals surface area contributed by atoms with Crippen LogP contribution in [0, 0.1) is 22.7 Å². The van der Waals surface area contributed by atoms with Crippen molar-refractivity contribution in [2.24, 2.45) is 5.92 Å². The van der Waals surface area contributed by atoms with E-state index in [0.29, 0.717) is 28.5 Å². The van der Waals surface area contributed by atoms with Crippen molar-refractivity contribution in [2.75, 3.05) is 6.79 Å². The molecule has 0 spiro atoms. The number of fused-ring (bicyclic) bond motifs is 2. The van der Waals surface area contributed by atoms with Gasteiger partial charge in [-0.1, -0.05) is 0 Å². The molecule has 0 radical (unpaired) electrons. The highest BCUT2D eigenvalue weighted by Gasteiger charge is 2.42. The highest BCUT2D eigenvalue weighted by Crippen LogP contribution is 2.47. The minimum atomic E-state index is -0.806. The lowest BCUT2D eigenvalue weighted by Crippen LogP contribution is -2.30. The van der Waals surface area contributed by atoms with Crippen LogP contribution in [0.1, 0.15) is 17.2 Å². The Hall–Kier alpha value is -3.73. The van der Waals surface area contributed by atoms with Crippen LogP contribution in [0.2, 0.25) is 0 Å². The first-order valence-corrected chi connectivity index (χ1v) is 7.94. The van der Waals surface area contributed by atoms with Gasteiger partial charge in [0.1, 0.15) is 11.7 Å². The highest BCUT2D eigenvalue weighted by molar-refractivity contribution is 5.86. The van der Waals surface area contributed by atoms with Gasteiger partial charge in [-0.15, -0.1) is 5.10 Å². The van der Waals surface area contributed by atoms with Crippen LogP contribution >= 0.6 is 0 Å². The van der Waals surface area contributed by atoms with E-state index >= 15 is 0 Å². The first-order chi connectivity index (χ1) is 12.8. The molecule has 3 aromatic rings. The summed E-state index contributed by atoms with van der Waals surface area (Å²) in [6, 6.07) is 11.2. The standard InChI is InChI=1S/C18H12N4O4/c19-7-10-14(12-2-1-5-23-12)15-16(21-22-18(15)26-17(10)20)9-3-4-11-13(6-9)25-8-24-11/h1-6,10,14,20H,8H2,(H,21,22). The predicted molar refractivity (Wildman–Crippen MR) is 88.2 cm³/mol. The SMILES string of the molecule is N#CC1C(=N)Oc2n[nH]c(-c3ccc4c(c3)OCO4)c2C1c1ccco1. The normalized spacial score (nSPS) is 20.3. The summed E-state index contributed by atoms with van der Waals surface area (Å²) in [5.41, 5.74) is 2.18. The average molecular weight is 348 g/mol. The largest absolute Gasteiger partial charge is 0.469 e. The Morgan fingerprint density at radius 3 is 2.92 bits per heavy atom. The molecule has 2 aliphatic rings. The molecule has 0 bridgehead atoms. The monoisotopic (exact) mass is 348 g/mol. The number of hydrogen-bond acceptors (Lipinski definition) is 7. The van der Waals surface area contributed by atoms with E-state index in [9.17, 15) is 5.26 Å². The zero-order valence-electron chi connectivity index (χ0n) is 13.4. The number of nitriles is 1. The van der Waals surface area contributed by atoms with Crippen LogP contribution in [-0.2, 0) is 0 Å². The number of rotatable bonds is 2. The molecule has 0 aliphatic carbocycles. The zero-order chi connectivity index (χ0) is 17.7. The molecule has 0 saturated heterocycles. The molecule has 4 heterocycles. The van der Waals surface area contributed by atoms with Crippen molar-refractivity contribution in [3.8, 4) is 34.7 Å². The van der Waals surface area contributed by atoms with Crippen molar-refractivity contribution in [3.63, 3.8) is 0 Å². The van der Waals surface area contributed by atoms with Gasteiger partial charge >= 0.3 is 0 Å². The van der Waals surface area contributed by atoms with Gasteiger partial charge in [0, 0.05) is 5.56 Å². The van der Waals surface area contributed by atoms with Crippen LogP contribution in [0.15, 0.2) is 41.0 Å². The second-order valence-electron chi connectivity index (χ2n) is 5.95. The van der Waals surface area contributed by atoms with Crippen LogP contribution in [0.3, 0.4) is 0 Å². The number of benzene rings is 1. The molecule has 0 amide bonds. The molecular weight excluding hydrogens is 336 g/mol. The fourth-order valence-electron chi connectivity index (χ4n) is 3.37. The molecule has 5 rings (SSSR count). The van der Waals surface area contributed by atoms with Gasteiger partial charge in [0.05, 0.1) is 29.5 Å². The Morgan fingerprint density at radius 2 is 2.12 bits per heavy atom. The maximum atomic E-state index is 9.60. The topological polar surface area (TPSA) is 117 Å². The molecule has 8 nitrogen and oxygen atoms in total. The van der Waals surface area contributed by atoms with Gasteiger partial charge < -0.3 is 18.6 Å². The maximum absolute atomic E-state index is 9.60. The summed E-state index contributed by atoms with van der Waals surface area (Å²) in [5, 5.41) is 24.8. The third kappa shape index (κ3) is 2.01. The molecule has 2 aromatic heterocycles. The molecule has 2 atom stereocenters. The number of H-pyrrole nitrogens is 1. The van der Waals surface area contributed by atoms with Crippen molar-refractivity contribution in [1.29, 1.82) is 10.7 Å². The third-order valence-corrected chi connectivity index (χ3v) is 4.55. The maximum Gasteiger partial charge on any atom is 0.244 e. The Labute approximate surface area is 147 Å². The quantitative estimate of drug-likeness (QED) is 0.735. The summed E-state index contributed by atoms with van der Waals surface area (Å²) in [4.78, 5) is 0. The Kier molecular flexibility index (Phi) is 3.03. The molecule has 26 heavy (non-hydrogen) atoms. The summed E-state index contributed by atoms with van der Waals surface area (Å²) >= 11 is 0. The minimum absolute atomic E-state index is 0.148. The van der Waals surface area contributed by atoms with Gasteiger partial charge in [-0.2, -0.15) is 5.26 Å². The highest BCUT2D eigenvalue weighted by atomic mass is 16.7. The Bertz CT molecular complexity index is 1050. The van der Waals surface area contributed by atoms with Crippen LogP contribution in [-0.4, -0.2) is 22.9 Å². The van der Waals surface area contributed by atoms with E-state index in [-0.39, 0.29) is 18.6 Å². The van der Waals surface area contributed by atoms with Crippen LogP contribution < -0.4 is 14.2 Å². The van der Waals surface area contributed by atoms with E-state index in [1.807, 2.05) is 18.2 Å². The number of hydrogen-bond donors (Lipinski definition) is 2. The van der Waals surface area contributed by atoms with Crippen molar-refractivity contribution >= 4 is 5.90 Å². The number of nitrogens with zero attached hydrogens (tertiary/aromatic N) is 2. The fourth-order valence-corrected chi connectivity index (χ4v) is 3.37. The predicted octanol–water partition coefficient (Wildman–Crippen LogP) is 3.04. The molecule has 0 fully saturated rings. The van der Waals surface area contributed by atoms with Gasteiger partial charge in [-0.25, -0.2) is 0 Å². The van der Waals surface area contributed by atoms with Crippen molar-refractivity contribution in [3.05, 3.63) is 47.9 Å². The summed E-state index contributed by atoms with van der Waals surface area (Å²) < 4.78 is 21.8. The van der Waals surface area contributed by atoms with E-state index in [0.717, 1.165) is 5.56 Å². The van der Waals surface area contributed by atoms with Gasteiger partial charge in [0.15, 0.2) is 11.5 Å². The molecule has 8 heteroatoms. The van der Waals surface area contributed by atoms with Crippen LogP contribution in [0.25, 0.3) is 11.3 Å². The lowest BCUT2D eigenvalue weighted by atomic mass is 9.82. The fraction of sp³-hybridized carbons (Fsp3) is 0.167. The van der Waals surface area contributed by atoms with Crippen LogP contribution in [0.5, 0.6) is 17.4 Å². The number of ether oxygens (including phenoxy) is 3. The summed E-state index contributed by atoms with van der Waals surface area (Å²) in [6.07, 6.45) is 1.54. The molecule has 0 saturated carbocycles. The second-order valence-corrected chi connectivity index (χ2v) is 5.95. The molecule has 128 valence electrons. The van der Waals surface area contributed by atoms with E-state index < -0.39 is 11.8 Å². The average Bonchev–Trinajstić information content (AvgIpc) is 3.39. The summed E-state index contributed by atoms with van der Waals surface area (Å²) in [7, 11) is 0. The van der Waals surface area contributed by atoms with Gasteiger partial charge in [-0.05, 0) is 30.3 Å². The molecule has 2 N–H and O–H groups in total. The lowest BCUT2D eigenvalue weighted by molar-refractivity contribution is 0.174. The van der Waals surface area contributed by atoms with Gasteiger partial charge in [-0.3, -0.25) is 10.5 Å². The minimum Gasteiger partial charge on any atom is -0.469 e. The van der Waals surface area contributed by atoms with Crippen molar-refractivity contribution in [2.45, 2.75) is 5.92 Å². The van der Waals surface area contributed by atoms with E-state index in [2.05, 4.69) is 16.3 Å². The number of aromatic amines is 1. The lowest BCUT2D eigenvalue weighted by Gasteiger charge is -2.26. The number of nitrogens with one attached hydrogen (secondary N) is 2. The molecule has 1 aromatic carbocycles. The smallest absolute Gasteiger partial charge is 0.244 e. The van der Waals surface area contributed by atoms with E-state index in [1.165, 1.54) is 0 Å². The van der Waals surface area contributed by atoms with Crippen molar-refractivity contribution in [1.82, 2.24) is 10.2 Å². The second kappa shape index (κ2) is 5.39. The van der Waals surface area contributed by atoms with Gasteiger partial charge in [0.25, 0.3) is 0 Å². The zero-order valence-corrected chi connectivity index (χ0v) is 13.4. The Balaban J connectivity index is 1.70. The molecular formula is C18H12N4O4. The summed E-state index contributed by atoms with van der Waals surface area (Å²) in [6.45, 7) is 0.186. The summed E-state index contributed by atoms with van der Waals surface area (Å²) in [5.74, 6) is 0.721. The van der Waals surface area contributed by atoms with Crippen molar-refractivity contribution < 1.29 is 18.6 Å². The third-order valence-electron chi connectivity index (χ3n) is 4.55.